The first-order valence-corrected chi connectivity index (χ1v) is 14.4. The summed E-state index contributed by atoms with van der Waals surface area (Å²) in [5.41, 5.74) is 2.37. The van der Waals surface area contributed by atoms with Crippen LogP contribution in [0.3, 0.4) is 0 Å². The zero-order valence-electron chi connectivity index (χ0n) is 22.6. The van der Waals surface area contributed by atoms with Crippen molar-refractivity contribution in [3.8, 4) is 0 Å². The van der Waals surface area contributed by atoms with Crippen LogP contribution < -0.4 is 5.32 Å². The van der Waals surface area contributed by atoms with Gasteiger partial charge in [0.05, 0.1) is 6.61 Å². The van der Waals surface area contributed by atoms with E-state index in [1.165, 1.54) is 51.4 Å². The quantitative estimate of drug-likeness (QED) is 0.369. The number of fused-ring (bicyclic) bond motifs is 5. The molecular formula is C30H51NO3. The lowest BCUT2D eigenvalue weighted by atomic mass is 9.47. The van der Waals surface area contributed by atoms with Gasteiger partial charge in [-0.15, -0.1) is 0 Å². The van der Waals surface area contributed by atoms with Crippen LogP contribution in [-0.2, 0) is 4.74 Å². The number of carbonyl (C=O) groups is 1. The van der Waals surface area contributed by atoms with E-state index in [2.05, 4.69) is 46.0 Å². The molecule has 4 heteroatoms. The van der Waals surface area contributed by atoms with Crippen molar-refractivity contribution in [1.29, 1.82) is 0 Å². The van der Waals surface area contributed by atoms with Gasteiger partial charge >= 0.3 is 6.09 Å². The van der Waals surface area contributed by atoms with Crippen LogP contribution in [0.1, 0.15) is 105 Å². The number of nitrogens with one attached hydrogen (secondary N) is 1. The van der Waals surface area contributed by atoms with Crippen molar-refractivity contribution in [3.05, 3.63) is 11.6 Å². The Morgan fingerprint density at radius 2 is 1.91 bits per heavy atom. The molecule has 4 aliphatic carbocycles. The summed E-state index contributed by atoms with van der Waals surface area (Å²) in [6, 6.07) is 0. The summed E-state index contributed by atoms with van der Waals surface area (Å²) in [7, 11) is 0. The molecule has 0 bridgehead atoms. The van der Waals surface area contributed by atoms with Gasteiger partial charge in [0.15, 0.2) is 0 Å². The average molecular weight is 474 g/mol. The maximum absolute atomic E-state index is 12.0. The Bertz CT molecular complexity index is 747. The van der Waals surface area contributed by atoms with Crippen LogP contribution in [0.25, 0.3) is 0 Å². The molecule has 2 N–H and O–H groups in total. The Kier molecular flexibility index (Phi) is 8.06. The average Bonchev–Trinajstić information content (AvgIpc) is 3.15. The zero-order valence-corrected chi connectivity index (χ0v) is 22.6. The lowest BCUT2D eigenvalue weighted by Gasteiger charge is -2.58. The SMILES string of the molecule is CC(C)CCC[C@@H](C)[C@H]1CCC2[C@@H]3CC=C4C[C@@H](OC(=O)NCCO)CCC4(C)[C@H]3CCC21C. The molecule has 8 atom stereocenters. The summed E-state index contributed by atoms with van der Waals surface area (Å²) in [6.45, 7) is 12.7. The molecule has 3 unspecified atom stereocenters. The molecule has 1 amide bonds. The third-order valence-corrected chi connectivity index (χ3v) is 10.9. The third kappa shape index (κ3) is 4.95. The Morgan fingerprint density at radius 3 is 2.65 bits per heavy atom. The van der Waals surface area contributed by atoms with Crippen molar-refractivity contribution in [1.82, 2.24) is 5.32 Å². The van der Waals surface area contributed by atoms with Crippen LogP contribution in [0, 0.1) is 46.3 Å². The molecule has 4 nitrogen and oxygen atoms in total. The Balaban J connectivity index is 1.41. The van der Waals surface area contributed by atoms with E-state index in [0.717, 1.165) is 54.8 Å². The van der Waals surface area contributed by atoms with Gasteiger partial charge in [-0.05, 0) is 91.3 Å². The van der Waals surface area contributed by atoms with E-state index in [1.807, 2.05) is 0 Å². The van der Waals surface area contributed by atoms with Gasteiger partial charge < -0.3 is 15.2 Å². The number of allylic oxidation sites excluding steroid dienone is 1. The number of hydrogen-bond donors (Lipinski definition) is 2. The van der Waals surface area contributed by atoms with Gasteiger partial charge in [0.25, 0.3) is 0 Å². The number of aliphatic hydroxyl groups excluding tert-OH is 1. The van der Waals surface area contributed by atoms with E-state index in [0.29, 0.717) is 5.41 Å². The molecule has 194 valence electrons. The number of aliphatic hydroxyl groups is 1. The monoisotopic (exact) mass is 473 g/mol. The molecule has 0 aromatic heterocycles. The van der Waals surface area contributed by atoms with Crippen LogP contribution in [0.5, 0.6) is 0 Å². The molecule has 0 spiro atoms. The highest BCUT2D eigenvalue weighted by Crippen LogP contribution is 2.67. The molecule has 0 heterocycles. The van der Waals surface area contributed by atoms with Gasteiger partial charge in [-0.3, -0.25) is 0 Å². The van der Waals surface area contributed by atoms with E-state index >= 15 is 0 Å². The summed E-state index contributed by atoms with van der Waals surface area (Å²) in [6.07, 6.45) is 16.2. The fourth-order valence-corrected chi connectivity index (χ4v) is 9.10. The van der Waals surface area contributed by atoms with Crippen LogP contribution in [0.15, 0.2) is 11.6 Å². The molecule has 34 heavy (non-hydrogen) atoms. The van der Waals surface area contributed by atoms with E-state index in [9.17, 15) is 4.79 Å². The van der Waals surface area contributed by atoms with Gasteiger partial charge in [0, 0.05) is 13.0 Å². The van der Waals surface area contributed by atoms with Crippen LogP contribution in [-0.4, -0.2) is 30.5 Å². The van der Waals surface area contributed by atoms with Crippen molar-refractivity contribution in [3.63, 3.8) is 0 Å². The first kappa shape index (κ1) is 26.0. The maximum atomic E-state index is 12.0. The van der Waals surface area contributed by atoms with E-state index in [4.69, 9.17) is 9.84 Å². The summed E-state index contributed by atoms with van der Waals surface area (Å²) < 4.78 is 5.69. The van der Waals surface area contributed by atoms with Crippen molar-refractivity contribution in [2.24, 2.45) is 46.3 Å². The fraction of sp³-hybridized carbons (Fsp3) is 0.900. The number of alkyl carbamates (subject to hydrolysis) is 1. The molecule has 3 fully saturated rings. The molecule has 4 rings (SSSR count). The minimum Gasteiger partial charge on any atom is -0.446 e. The Labute approximate surface area is 208 Å². The summed E-state index contributed by atoms with van der Waals surface area (Å²) >= 11 is 0. The molecule has 0 saturated heterocycles. The van der Waals surface area contributed by atoms with Crippen LogP contribution in [0.4, 0.5) is 4.79 Å². The highest BCUT2D eigenvalue weighted by atomic mass is 16.6. The number of amides is 1. The maximum Gasteiger partial charge on any atom is 0.407 e. The van der Waals surface area contributed by atoms with E-state index < -0.39 is 0 Å². The molecular weight excluding hydrogens is 422 g/mol. The molecule has 0 aromatic carbocycles. The number of hydrogen-bond acceptors (Lipinski definition) is 3. The minimum absolute atomic E-state index is 0.0222. The highest BCUT2D eigenvalue weighted by Gasteiger charge is 2.59. The number of rotatable bonds is 8. The normalized spacial score (nSPS) is 40.1. The van der Waals surface area contributed by atoms with Crippen molar-refractivity contribution in [2.75, 3.05) is 13.2 Å². The Morgan fingerprint density at radius 1 is 1.12 bits per heavy atom. The second-order valence-electron chi connectivity index (χ2n) is 13.2. The first-order chi connectivity index (χ1) is 16.2. The number of carbonyl (C=O) groups excluding carboxylic acids is 1. The minimum atomic E-state index is -0.384. The standard InChI is InChI=1S/C30H51NO3/c1-20(2)7-6-8-21(3)25-11-12-26-24-10-9-22-19-23(34-28(33)31-17-18-32)13-15-29(22,4)27(24)14-16-30(25,26)5/h9,20-21,23-27,32H,6-8,10-19H2,1-5H3,(H,31,33)/t21-,23+,24+,25-,26?,27+,29?,30?/m1/s1. The fourth-order valence-electron chi connectivity index (χ4n) is 9.10. The van der Waals surface area contributed by atoms with E-state index in [-0.39, 0.29) is 30.8 Å². The van der Waals surface area contributed by atoms with Crippen molar-refractivity contribution >= 4 is 6.09 Å². The second-order valence-corrected chi connectivity index (χ2v) is 13.2. The lowest BCUT2D eigenvalue weighted by Crippen LogP contribution is -2.51. The zero-order chi connectivity index (χ0) is 24.5. The van der Waals surface area contributed by atoms with Crippen molar-refractivity contribution < 1.29 is 14.6 Å². The van der Waals surface area contributed by atoms with E-state index in [1.54, 1.807) is 5.57 Å². The second kappa shape index (κ2) is 10.5. The molecule has 0 aromatic rings. The summed E-state index contributed by atoms with van der Waals surface area (Å²) in [5.74, 6) is 5.12. The van der Waals surface area contributed by atoms with Crippen molar-refractivity contribution in [2.45, 2.75) is 111 Å². The molecule has 4 aliphatic rings. The largest absolute Gasteiger partial charge is 0.446 e. The summed E-state index contributed by atoms with van der Waals surface area (Å²) in [5, 5.41) is 11.6. The summed E-state index contributed by atoms with van der Waals surface area (Å²) in [4.78, 5) is 12.0. The van der Waals surface area contributed by atoms with Gasteiger partial charge in [-0.1, -0.05) is 65.5 Å². The number of ether oxygens (including phenoxy) is 1. The van der Waals surface area contributed by atoms with Gasteiger partial charge in [-0.25, -0.2) is 4.79 Å². The van der Waals surface area contributed by atoms with Gasteiger partial charge in [0.2, 0.25) is 0 Å². The first-order valence-electron chi connectivity index (χ1n) is 14.4. The Hall–Kier alpha value is -1.03. The molecule has 0 aliphatic heterocycles. The van der Waals surface area contributed by atoms with Gasteiger partial charge in [0.1, 0.15) is 6.10 Å². The molecule has 3 saturated carbocycles. The highest BCUT2D eigenvalue weighted by molar-refractivity contribution is 5.67. The predicted molar refractivity (Wildman–Crippen MR) is 138 cm³/mol. The smallest absolute Gasteiger partial charge is 0.407 e. The topological polar surface area (TPSA) is 58.6 Å². The third-order valence-electron chi connectivity index (χ3n) is 10.9. The molecule has 0 radical (unpaired) electrons. The van der Waals surface area contributed by atoms with Crippen LogP contribution in [0.2, 0.25) is 0 Å². The van der Waals surface area contributed by atoms with Crippen LogP contribution >= 0.6 is 0 Å². The van der Waals surface area contributed by atoms with Gasteiger partial charge in [-0.2, -0.15) is 0 Å². The lowest BCUT2D eigenvalue weighted by molar-refractivity contribution is -0.0581. The predicted octanol–water partition coefficient (Wildman–Crippen LogP) is 7.11.